The summed E-state index contributed by atoms with van der Waals surface area (Å²) < 4.78 is 1.22. The zero-order valence-corrected chi connectivity index (χ0v) is 19.8. The van der Waals surface area contributed by atoms with Crippen molar-refractivity contribution < 1.29 is 9.72 Å². The average molecular weight is 512 g/mol. The molecule has 0 bridgehead atoms. The summed E-state index contributed by atoms with van der Waals surface area (Å²) in [5.41, 5.74) is 1.37. The molecule has 2 unspecified atom stereocenters. The first-order chi connectivity index (χ1) is 18.0. The zero-order valence-electron chi connectivity index (χ0n) is 18.9. The van der Waals surface area contributed by atoms with Gasteiger partial charge in [-0.2, -0.15) is 4.68 Å². The maximum absolute atomic E-state index is 13.5. The Morgan fingerprint density at radius 3 is 2.59 bits per heavy atom. The Labute approximate surface area is 213 Å². The lowest BCUT2D eigenvalue weighted by molar-refractivity contribution is -0.384. The van der Waals surface area contributed by atoms with E-state index in [0.717, 1.165) is 0 Å². The molecule has 0 aliphatic carbocycles. The molecule has 2 atom stereocenters. The van der Waals surface area contributed by atoms with Crippen molar-refractivity contribution >= 4 is 45.4 Å². The van der Waals surface area contributed by atoms with E-state index in [1.807, 2.05) is 36.4 Å². The number of urea groups is 1. The molecule has 11 nitrogen and oxygen atoms in total. The Hall–Kier alpha value is -4.84. The Kier molecular flexibility index (Phi) is 5.49. The van der Waals surface area contributed by atoms with Crippen molar-refractivity contribution in [2.75, 3.05) is 0 Å². The number of carbonyl (C=O) groups is 1. The molecule has 0 radical (unpaired) electrons. The molecule has 182 valence electrons. The van der Waals surface area contributed by atoms with E-state index < -0.39 is 22.2 Å². The summed E-state index contributed by atoms with van der Waals surface area (Å²) in [5.74, 6) is 0.705. The fraction of sp³-hybridized carbons (Fsp3) is 0.0800. The number of benzene rings is 3. The van der Waals surface area contributed by atoms with Gasteiger partial charge in [-0.1, -0.05) is 66.4 Å². The number of nitro groups is 1. The number of aliphatic imine (C=N–C) groups is 1. The Morgan fingerprint density at radius 1 is 1.00 bits per heavy atom. The molecule has 2 amide bonds. The molecule has 2 aliphatic heterocycles. The molecular formula is C25H17N7O4S. The van der Waals surface area contributed by atoms with Gasteiger partial charge in [0.05, 0.1) is 27.1 Å². The number of amides is 2. The highest BCUT2D eigenvalue weighted by Crippen LogP contribution is 2.36. The summed E-state index contributed by atoms with van der Waals surface area (Å²) in [6.07, 6.45) is 0. The quantitative estimate of drug-likeness (QED) is 0.316. The van der Waals surface area contributed by atoms with Crippen molar-refractivity contribution in [1.82, 2.24) is 20.3 Å². The third kappa shape index (κ3) is 4.12. The second-order valence-corrected chi connectivity index (χ2v) is 9.39. The highest BCUT2D eigenvalue weighted by Gasteiger charge is 2.41. The smallest absolute Gasteiger partial charge is 0.320 e. The van der Waals surface area contributed by atoms with Gasteiger partial charge in [-0.05, 0) is 17.7 Å². The fourth-order valence-electron chi connectivity index (χ4n) is 4.27. The molecule has 12 heteroatoms. The first-order valence-corrected chi connectivity index (χ1v) is 12.1. The number of nitrogens with zero attached hydrogens (tertiary/aromatic N) is 5. The number of hydrogen-bond donors (Lipinski definition) is 2. The molecule has 2 aliphatic rings. The monoisotopic (exact) mass is 511 g/mol. The number of amidine groups is 2. The zero-order chi connectivity index (χ0) is 25.5. The van der Waals surface area contributed by atoms with Gasteiger partial charge in [0.2, 0.25) is 5.17 Å². The third-order valence-corrected chi connectivity index (χ3v) is 7.09. The van der Waals surface area contributed by atoms with E-state index in [-0.39, 0.29) is 16.4 Å². The standard InChI is InChI=1S/C25H17N7O4S/c33-23-17-11-4-5-12-18(17)26-22(14-7-2-1-3-8-14)31(23)30-25-29-21-20(37-25)19(27-24(34)28-21)15-9-6-10-16(13-15)32(35)36/h1-13,19-20H,(H2,27,28,29,30,34). The molecule has 6 rings (SSSR count). The Morgan fingerprint density at radius 2 is 1.78 bits per heavy atom. The van der Waals surface area contributed by atoms with Crippen molar-refractivity contribution in [2.45, 2.75) is 11.3 Å². The van der Waals surface area contributed by atoms with Gasteiger partial charge in [-0.3, -0.25) is 20.2 Å². The maximum Gasteiger partial charge on any atom is 0.320 e. The molecule has 1 aromatic heterocycles. The highest BCUT2D eigenvalue weighted by molar-refractivity contribution is 8.15. The lowest BCUT2D eigenvalue weighted by Gasteiger charge is -2.30. The van der Waals surface area contributed by atoms with Crippen LogP contribution in [-0.4, -0.2) is 36.9 Å². The normalized spacial score (nSPS) is 19.7. The average Bonchev–Trinajstić information content (AvgIpc) is 3.32. The highest BCUT2D eigenvalue weighted by atomic mass is 32.2. The Bertz CT molecular complexity index is 1700. The number of rotatable bonds is 4. The van der Waals surface area contributed by atoms with Crippen LogP contribution in [0.5, 0.6) is 0 Å². The van der Waals surface area contributed by atoms with Crippen LogP contribution in [0.15, 0.2) is 93.8 Å². The van der Waals surface area contributed by atoms with Crippen molar-refractivity contribution in [3.63, 3.8) is 0 Å². The van der Waals surface area contributed by atoms with E-state index in [9.17, 15) is 19.7 Å². The lowest BCUT2D eigenvalue weighted by Crippen LogP contribution is -2.54. The van der Waals surface area contributed by atoms with Gasteiger partial charge in [0.15, 0.2) is 5.82 Å². The fourth-order valence-corrected chi connectivity index (χ4v) is 5.36. The summed E-state index contributed by atoms with van der Waals surface area (Å²) in [5, 5.41) is 21.6. The van der Waals surface area contributed by atoms with Gasteiger partial charge in [0.1, 0.15) is 5.84 Å². The van der Waals surface area contributed by atoms with Crippen LogP contribution in [0.4, 0.5) is 10.5 Å². The molecule has 37 heavy (non-hydrogen) atoms. The SMILES string of the molecule is O=C1NC2=N/C(=N/n3c(-c4ccccc4)nc4ccccc4c3=O)SC2C(c2cccc([N+](=O)[O-])c2)N1. The van der Waals surface area contributed by atoms with Crippen LogP contribution in [-0.2, 0) is 0 Å². The number of para-hydroxylation sites is 1. The summed E-state index contributed by atoms with van der Waals surface area (Å²) in [4.78, 5) is 45.8. The number of hydrogen-bond acceptors (Lipinski definition) is 7. The van der Waals surface area contributed by atoms with Crippen LogP contribution in [0.1, 0.15) is 11.6 Å². The van der Waals surface area contributed by atoms with Gasteiger partial charge in [0.25, 0.3) is 11.2 Å². The van der Waals surface area contributed by atoms with Crippen LogP contribution in [0, 0.1) is 10.1 Å². The van der Waals surface area contributed by atoms with Gasteiger partial charge in [0, 0.05) is 17.7 Å². The van der Waals surface area contributed by atoms with Crippen LogP contribution >= 0.6 is 11.8 Å². The first kappa shape index (κ1) is 22.6. The third-order valence-electron chi connectivity index (χ3n) is 5.96. The van der Waals surface area contributed by atoms with Gasteiger partial charge in [-0.25, -0.2) is 14.8 Å². The van der Waals surface area contributed by atoms with E-state index in [1.54, 1.807) is 30.3 Å². The molecule has 2 N–H and O–H groups in total. The maximum atomic E-state index is 13.5. The number of nitrogens with one attached hydrogen (secondary N) is 2. The molecule has 3 heterocycles. The van der Waals surface area contributed by atoms with E-state index in [2.05, 4.69) is 20.7 Å². The topological polar surface area (TPSA) is 144 Å². The van der Waals surface area contributed by atoms with Crippen molar-refractivity contribution in [3.8, 4) is 11.4 Å². The van der Waals surface area contributed by atoms with Crippen LogP contribution in [0.25, 0.3) is 22.3 Å². The number of nitro benzene ring substituents is 1. The summed E-state index contributed by atoms with van der Waals surface area (Å²) in [7, 11) is 0. The van der Waals surface area contributed by atoms with Crippen LogP contribution in [0.2, 0.25) is 0 Å². The van der Waals surface area contributed by atoms with Crippen LogP contribution in [0.3, 0.4) is 0 Å². The van der Waals surface area contributed by atoms with E-state index in [0.29, 0.717) is 33.7 Å². The molecule has 1 saturated heterocycles. The minimum absolute atomic E-state index is 0.0815. The molecule has 4 aromatic rings. The van der Waals surface area contributed by atoms with Crippen molar-refractivity contribution in [1.29, 1.82) is 0 Å². The van der Waals surface area contributed by atoms with Gasteiger partial charge in [-0.15, -0.1) is 5.10 Å². The van der Waals surface area contributed by atoms with E-state index in [4.69, 9.17) is 4.98 Å². The van der Waals surface area contributed by atoms with Gasteiger partial charge >= 0.3 is 6.03 Å². The van der Waals surface area contributed by atoms with Crippen LogP contribution < -0.4 is 16.2 Å². The van der Waals surface area contributed by atoms with E-state index in [1.165, 1.54) is 28.6 Å². The first-order valence-electron chi connectivity index (χ1n) is 11.2. The second kappa shape index (κ2) is 8.99. The van der Waals surface area contributed by atoms with Crippen molar-refractivity contribution in [3.05, 3.63) is 105 Å². The molecular weight excluding hydrogens is 494 g/mol. The number of non-ortho nitro benzene ring substituents is 1. The molecule has 3 aromatic carbocycles. The lowest BCUT2D eigenvalue weighted by atomic mass is 10.0. The second-order valence-electron chi connectivity index (χ2n) is 8.28. The largest absolute Gasteiger partial charge is 0.329 e. The predicted molar refractivity (Wildman–Crippen MR) is 141 cm³/mol. The molecule has 1 fully saturated rings. The summed E-state index contributed by atoms with van der Waals surface area (Å²) in [6.45, 7) is 0. The number of thioether (sulfide) groups is 1. The number of carbonyl (C=O) groups excluding carboxylic acids is 1. The molecule has 0 saturated carbocycles. The number of aromatic nitrogens is 2. The molecule has 0 spiro atoms. The minimum Gasteiger partial charge on any atom is -0.329 e. The predicted octanol–water partition coefficient (Wildman–Crippen LogP) is 3.66. The summed E-state index contributed by atoms with van der Waals surface area (Å²) >= 11 is 1.24. The van der Waals surface area contributed by atoms with E-state index >= 15 is 0 Å². The minimum atomic E-state index is -0.592. The van der Waals surface area contributed by atoms with Crippen molar-refractivity contribution in [2.24, 2.45) is 10.1 Å². The number of fused-ring (bicyclic) bond motifs is 2. The van der Waals surface area contributed by atoms with Gasteiger partial charge < -0.3 is 5.32 Å². The summed E-state index contributed by atoms with van der Waals surface area (Å²) in [6, 6.07) is 21.3. The Balaban J connectivity index is 1.44.